The first-order chi connectivity index (χ1) is 10.8. The summed E-state index contributed by atoms with van der Waals surface area (Å²) in [7, 11) is 0. The molecule has 2 aromatic rings. The van der Waals surface area contributed by atoms with E-state index in [1.165, 1.54) is 0 Å². The zero-order valence-electron chi connectivity index (χ0n) is 13.8. The summed E-state index contributed by atoms with van der Waals surface area (Å²) in [5, 5.41) is 2.66. The number of hydrogen-bond acceptors (Lipinski definition) is 3. The van der Waals surface area contributed by atoms with Crippen molar-refractivity contribution in [3.63, 3.8) is 0 Å². The highest BCUT2D eigenvalue weighted by molar-refractivity contribution is 6.10. The molecule has 0 saturated carbocycles. The number of benzene rings is 2. The van der Waals surface area contributed by atoms with Gasteiger partial charge in [0.2, 0.25) is 0 Å². The van der Waals surface area contributed by atoms with E-state index in [0.717, 1.165) is 5.56 Å². The van der Waals surface area contributed by atoms with Gasteiger partial charge < -0.3 is 4.74 Å². The van der Waals surface area contributed by atoms with Gasteiger partial charge in [0.15, 0.2) is 5.78 Å². The smallest absolute Gasteiger partial charge is 0.412 e. The molecule has 0 spiro atoms. The van der Waals surface area contributed by atoms with Crippen molar-refractivity contribution in [3.05, 3.63) is 65.2 Å². The second-order valence-electron chi connectivity index (χ2n) is 6.35. The predicted molar refractivity (Wildman–Crippen MR) is 90.9 cm³/mol. The van der Waals surface area contributed by atoms with E-state index in [1.54, 1.807) is 45.0 Å². The van der Waals surface area contributed by atoms with Crippen LogP contribution in [0.4, 0.5) is 10.5 Å². The van der Waals surface area contributed by atoms with Crippen molar-refractivity contribution in [1.82, 2.24) is 0 Å². The normalized spacial score (nSPS) is 11.0. The molecule has 0 aliphatic heterocycles. The summed E-state index contributed by atoms with van der Waals surface area (Å²) in [6.07, 6.45) is -0.542. The molecule has 0 bridgehead atoms. The van der Waals surface area contributed by atoms with Gasteiger partial charge in [0.25, 0.3) is 0 Å². The van der Waals surface area contributed by atoms with Gasteiger partial charge in [-0.1, -0.05) is 36.4 Å². The summed E-state index contributed by atoms with van der Waals surface area (Å²) in [5.74, 6) is -0.0732. The number of nitrogens with one attached hydrogen (secondary N) is 1. The van der Waals surface area contributed by atoms with Gasteiger partial charge >= 0.3 is 6.09 Å². The minimum atomic E-state index is -0.572. The van der Waals surface area contributed by atoms with Crippen LogP contribution >= 0.6 is 0 Å². The third kappa shape index (κ3) is 4.68. The van der Waals surface area contributed by atoms with Crippen molar-refractivity contribution in [2.75, 3.05) is 5.32 Å². The van der Waals surface area contributed by atoms with Crippen LogP contribution in [0.25, 0.3) is 0 Å². The zero-order valence-corrected chi connectivity index (χ0v) is 13.8. The Labute approximate surface area is 136 Å². The number of ether oxygens (including phenoxy) is 1. The minimum Gasteiger partial charge on any atom is -0.444 e. The number of ketones is 1. The van der Waals surface area contributed by atoms with E-state index >= 15 is 0 Å². The molecule has 2 rings (SSSR count). The third-order valence-corrected chi connectivity index (χ3v) is 3.16. The molecule has 0 aliphatic rings. The Morgan fingerprint density at radius 2 is 1.65 bits per heavy atom. The van der Waals surface area contributed by atoms with Crippen molar-refractivity contribution in [2.24, 2.45) is 0 Å². The van der Waals surface area contributed by atoms with Gasteiger partial charge in [-0.3, -0.25) is 10.1 Å². The molecule has 0 radical (unpaired) electrons. The van der Waals surface area contributed by atoms with E-state index in [9.17, 15) is 9.59 Å². The highest BCUT2D eigenvalue weighted by atomic mass is 16.6. The lowest BCUT2D eigenvalue weighted by Gasteiger charge is -2.20. The van der Waals surface area contributed by atoms with Crippen LogP contribution in [-0.2, 0) is 4.74 Å². The second kappa shape index (κ2) is 6.65. The number of anilines is 1. The molecule has 4 heteroatoms. The highest BCUT2D eigenvalue weighted by Gasteiger charge is 2.17. The molecule has 4 nitrogen and oxygen atoms in total. The summed E-state index contributed by atoms with van der Waals surface area (Å²) in [6, 6.07) is 14.3. The number of carbonyl (C=O) groups is 2. The van der Waals surface area contributed by atoms with Crippen molar-refractivity contribution < 1.29 is 14.3 Å². The van der Waals surface area contributed by atoms with Gasteiger partial charge in [-0.05, 0) is 45.4 Å². The van der Waals surface area contributed by atoms with E-state index in [4.69, 9.17) is 4.74 Å². The van der Waals surface area contributed by atoms with Crippen LogP contribution < -0.4 is 5.32 Å². The third-order valence-electron chi connectivity index (χ3n) is 3.16. The van der Waals surface area contributed by atoms with Crippen molar-refractivity contribution in [1.29, 1.82) is 0 Å². The summed E-state index contributed by atoms with van der Waals surface area (Å²) in [6.45, 7) is 7.26. The molecule has 0 aromatic heterocycles. The van der Waals surface area contributed by atoms with Gasteiger partial charge in [-0.15, -0.1) is 0 Å². The fourth-order valence-corrected chi connectivity index (χ4v) is 2.11. The molecule has 23 heavy (non-hydrogen) atoms. The Morgan fingerprint density at radius 3 is 2.26 bits per heavy atom. The fourth-order valence-electron chi connectivity index (χ4n) is 2.11. The maximum atomic E-state index is 12.6. The molecule has 0 aliphatic carbocycles. The summed E-state index contributed by atoms with van der Waals surface area (Å²) in [4.78, 5) is 24.4. The topological polar surface area (TPSA) is 55.4 Å². The van der Waals surface area contributed by atoms with E-state index in [2.05, 4.69) is 5.32 Å². The SMILES string of the molecule is Cc1ccc(NC(=O)OC(C)(C)C)cc1C(=O)c1ccccc1. The average molecular weight is 311 g/mol. The van der Waals surface area contributed by atoms with Crippen LogP contribution in [0.5, 0.6) is 0 Å². The number of carbonyl (C=O) groups excluding carboxylic acids is 2. The van der Waals surface area contributed by atoms with Crippen molar-refractivity contribution in [2.45, 2.75) is 33.3 Å². The maximum absolute atomic E-state index is 12.6. The molecule has 1 amide bonds. The minimum absolute atomic E-state index is 0.0732. The average Bonchev–Trinajstić information content (AvgIpc) is 2.47. The van der Waals surface area contributed by atoms with Crippen LogP contribution in [0.15, 0.2) is 48.5 Å². The Kier molecular flexibility index (Phi) is 4.84. The lowest BCUT2D eigenvalue weighted by Crippen LogP contribution is -2.27. The number of amides is 1. The van der Waals surface area contributed by atoms with E-state index < -0.39 is 11.7 Å². The molecule has 0 atom stereocenters. The molecule has 0 heterocycles. The second-order valence-corrected chi connectivity index (χ2v) is 6.35. The maximum Gasteiger partial charge on any atom is 0.412 e. The van der Waals surface area contributed by atoms with Crippen LogP contribution in [0.2, 0.25) is 0 Å². The van der Waals surface area contributed by atoms with Crippen LogP contribution in [0, 0.1) is 6.92 Å². The van der Waals surface area contributed by atoms with Gasteiger partial charge in [0, 0.05) is 16.8 Å². The van der Waals surface area contributed by atoms with Crippen molar-refractivity contribution >= 4 is 17.6 Å². The van der Waals surface area contributed by atoms with Crippen molar-refractivity contribution in [3.8, 4) is 0 Å². The Bertz CT molecular complexity index is 715. The van der Waals surface area contributed by atoms with E-state index in [1.807, 2.05) is 31.2 Å². The lowest BCUT2D eigenvalue weighted by atomic mass is 9.98. The summed E-state index contributed by atoms with van der Waals surface area (Å²) in [5.41, 5.74) is 1.99. The summed E-state index contributed by atoms with van der Waals surface area (Å²) < 4.78 is 5.22. The Balaban J connectivity index is 2.23. The van der Waals surface area contributed by atoms with E-state index in [-0.39, 0.29) is 5.78 Å². The number of rotatable bonds is 3. The molecule has 2 aromatic carbocycles. The van der Waals surface area contributed by atoms with Crippen LogP contribution in [-0.4, -0.2) is 17.5 Å². The van der Waals surface area contributed by atoms with Gasteiger partial charge in [0.05, 0.1) is 0 Å². The summed E-state index contributed by atoms with van der Waals surface area (Å²) >= 11 is 0. The van der Waals surface area contributed by atoms with Gasteiger partial charge in [-0.25, -0.2) is 4.79 Å². The first-order valence-electron chi connectivity index (χ1n) is 7.47. The largest absolute Gasteiger partial charge is 0.444 e. The molecule has 120 valence electrons. The standard InChI is InChI=1S/C19H21NO3/c1-13-10-11-15(20-18(22)23-19(2,3)4)12-16(13)17(21)14-8-6-5-7-9-14/h5-12H,1-4H3,(H,20,22). The molecular formula is C19H21NO3. The highest BCUT2D eigenvalue weighted by Crippen LogP contribution is 2.20. The molecule has 0 saturated heterocycles. The molecule has 0 fully saturated rings. The molecular weight excluding hydrogens is 290 g/mol. The number of hydrogen-bond donors (Lipinski definition) is 1. The first kappa shape index (κ1) is 16.7. The van der Waals surface area contributed by atoms with E-state index in [0.29, 0.717) is 16.8 Å². The molecule has 1 N–H and O–H groups in total. The first-order valence-corrected chi connectivity index (χ1v) is 7.47. The van der Waals surface area contributed by atoms with Crippen LogP contribution in [0.3, 0.4) is 0 Å². The lowest BCUT2D eigenvalue weighted by molar-refractivity contribution is 0.0635. The monoisotopic (exact) mass is 311 g/mol. The fraction of sp³-hybridized carbons (Fsp3) is 0.263. The quantitative estimate of drug-likeness (QED) is 0.845. The number of aryl methyl sites for hydroxylation is 1. The Hall–Kier alpha value is -2.62. The zero-order chi connectivity index (χ0) is 17.0. The van der Waals surface area contributed by atoms with Gasteiger partial charge in [0.1, 0.15) is 5.60 Å². The van der Waals surface area contributed by atoms with Gasteiger partial charge in [-0.2, -0.15) is 0 Å². The van der Waals surface area contributed by atoms with Crippen LogP contribution in [0.1, 0.15) is 42.3 Å². The molecule has 0 unspecified atom stereocenters. The Morgan fingerprint density at radius 1 is 1.00 bits per heavy atom. The predicted octanol–water partition coefficient (Wildman–Crippen LogP) is 4.57.